The van der Waals surface area contributed by atoms with Crippen LogP contribution in [0.5, 0.6) is 0 Å². The number of nitrogens with one attached hydrogen (secondary N) is 1. The zero-order chi connectivity index (χ0) is 27.8. The highest BCUT2D eigenvalue weighted by atomic mass is 31.2. The highest BCUT2D eigenvalue weighted by Gasteiger charge is 2.16. The first-order chi connectivity index (χ1) is 17.6. The van der Waals surface area contributed by atoms with Crippen LogP contribution >= 0.6 is 7.82 Å². The van der Waals surface area contributed by atoms with Gasteiger partial charge in [-0.05, 0) is 13.3 Å². The average molecular weight is 550 g/mol. The summed E-state index contributed by atoms with van der Waals surface area (Å²) in [5, 5.41) is 2.80. The lowest BCUT2D eigenvalue weighted by molar-refractivity contribution is -0.870. The number of hydrogen-bond donors (Lipinski definition) is 1. The van der Waals surface area contributed by atoms with Gasteiger partial charge in [0.15, 0.2) is 0 Å². The van der Waals surface area contributed by atoms with E-state index in [0.29, 0.717) is 24.1 Å². The van der Waals surface area contributed by atoms with Crippen molar-refractivity contribution in [3.63, 3.8) is 0 Å². The van der Waals surface area contributed by atoms with Gasteiger partial charge in [-0.1, -0.05) is 103 Å². The Hall–Kier alpha value is -0.660. The molecule has 0 saturated heterocycles. The lowest BCUT2D eigenvalue weighted by atomic mass is 10.0. The summed E-state index contributed by atoms with van der Waals surface area (Å²) >= 11 is 0. The molecule has 1 N–H and O–H groups in total. The van der Waals surface area contributed by atoms with Crippen LogP contribution in [0.1, 0.15) is 117 Å². The zero-order valence-corrected chi connectivity index (χ0v) is 25.8. The number of rotatable bonds is 26. The Morgan fingerprint density at radius 1 is 0.730 bits per heavy atom. The summed E-state index contributed by atoms with van der Waals surface area (Å²) < 4.78 is 22.5. The van der Waals surface area contributed by atoms with Crippen molar-refractivity contribution in [1.29, 1.82) is 0 Å². The second-order valence-corrected chi connectivity index (χ2v) is 12.7. The molecular formula is C28H60N3O5P. The van der Waals surface area contributed by atoms with E-state index in [1.165, 1.54) is 89.9 Å². The molecule has 0 aromatic rings. The third kappa shape index (κ3) is 25.4. The predicted octanol–water partition coefficient (Wildman–Crippen LogP) is 6.49. The van der Waals surface area contributed by atoms with E-state index in [1.807, 2.05) is 28.1 Å². The van der Waals surface area contributed by atoms with Crippen molar-refractivity contribution in [3.05, 3.63) is 0 Å². The summed E-state index contributed by atoms with van der Waals surface area (Å²) in [6.45, 7) is 6.02. The van der Waals surface area contributed by atoms with E-state index in [2.05, 4.69) is 12.2 Å². The number of quaternary nitrogens is 1. The molecule has 0 radical (unpaired) electrons. The van der Waals surface area contributed by atoms with Crippen LogP contribution in [0.15, 0.2) is 0 Å². The quantitative estimate of drug-likeness (QED) is 0.0757. The zero-order valence-electron chi connectivity index (χ0n) is 24.9. The Kier molecular flexibility index (Phi) is 22.8. The standard InChI is InChI=1S/C28H60N3O5P/c1-6-8-9-10-11-12-13-14-15-16-17-18-19-20-21-22-23-30(28(32)29-7-2)24-26-35-37(33,34)36-27-25-31(3,4)5/h6-27H2,1-5H3,(H-,29,32,33,34). The molecule has 2 amide bonds. The molecule has 8 nitrogen and oxygen atoms in total. The minimum absolute atomic E-state index is 0.0729. The summed E-state index contributed by atoms with van der Waals surface area (Å²) in [7, 11) is 1.52. The van der Waals surface area contributed by atoms with Crippen LogP contribution in [0.2, 0.25) is 0 Å². The van der Waals surface area contributed by atoms with E-state index < -0.39 is 7.82 Å². The van der Waals surface area contributed by atoms with E-state index in [9.17, 15) is 14.3 Å². The molecule has 222 valence electrons. The van der Waals surface area contributed by atoms with E-state index in [-0.39, 0.29) is 25.8 Å². The largest absolute Gasteiger partial charge is 0.756 e. The van der Waals surface area contributed by atoms with Crippen molar-refractivity contribution in [1.82, 2.24) is 10.2 Å². The van der Waals surface area contributed by atoms with Crippen LogP contribution in [0.25, 0.3) is 0 Å². The molecule has 0 aliphatic heterocycles. The molecule has 0 aliphatic rings. The van der Waals surface area contributed by atoms with Gasteiger partial charge in [-0.2, -0.15) is 0 Å². The highest BCUT2D eigenvalue weighted by molar-refractivity contribution is 7.45. The Labute approximate surface area is 229 Å². The third-order valence-electron chi connectivity index (χ3n) is 6.52. The second kappa shape index (κ2) is 23.2. The Morgan fingerprint density at radius 2 is 1.16 bits per heavy atom. The van der Waals surface area contributed by atoms with Gasteiger partial charge in [0.05, 0.1) is 27.7 Å². The lowest BCUT2D eigenvalue weighted by Crippen LogP contribution is -2.42. The van der Waals surface area contributed by atoms with Gasteiger partial charge in [0.25, 0.3) is 7.82 Å². The lowest BCUT2D eigenvalue weighted by Gasteiger charge is -2.28. The van der Waals surface area contributed by atoms with Crippen LogP contribution in [0.3, 0.4) is 0 Å². The van der Waals surface area contributed by atoms with Crippen molar-refractivity contribution in [3.8, 4) is 0 Å². The fraction of sp³-hybridized carbons (Fsp3) is 0.964. The van der Waals surface area contributed by atoms with Gasteiger partial charge in [-0.3, -0.25) is 4.57 Å². The number of carbonyl (C=O) groups excluding carboxylic acids is 1. The molecule has 0 heterocycles. The molecule has 9 heteroatoms. The van der Waals surface area contributed by atoms with Gasteiger partial charge in [0.2, 0.25) is 0 Å². The number of urea groups is 1. The number of carbonyl (C=O) groups is 1. The molecule has 0 fully saturated rings. The van der Waals surface area contributed by atoms with Gasteiger partial charge < -0.3 is 28.6 Å². The molecule has 0 bridgehead atoms. The van der Waals surface area contributed by atoms with Gasteiger partial charge in [0.1, 0.15) is 13.2 Å². The fourth-order valence-electron chi connectivity index (χ4n) is 4.16. The minimum Gasteiger partial charge on any atom is -0.756 e. The predicted molar refractivity (Wildman–Crippen MR) is 153 cm³/mol. The van der Waals surface area contributed by atoms with Gasteiger partial charge >= 0.3 is 6.03 Å². The molecule has 1 atom stereocenters. The number of phosphoric ester groups is 1. The molecule has 0 rings (SSSR count). The molecule has 1 unspecified atom stereocenters. The van der Waals surface area contributed by atoms with Crippen molar-refractivity contribution < 1.29 is 27.8 Å². The second-order valence-electron chi connectivity index (χ2n) is 11.3. The van der Waals surface area contributed by atoms with E-state index >= 15 is 0 Å². The molecule has 37 heavy (non-hydrogen) atoms. The maximum atomic E-state index is 12.4. The SMILES string of the molecule is CCCCCCCCCCCCCCCCCCN(CCOP(=O)([O-])OCC[N+](C)(C)C)C(=O)NCC. The number of phosphoric acid groups is 1. The molecular weight excluding hydrogens is 489 g/mol. The summed E-state index contributed by atoms with van der Waals surface area (Å²) in [5.41, 5.74) is 0. The van der Waals surface area contributed by atoms with Crippen LogP contribution in [-0.4, -0.2) is 75.9 Å². The summed E-state index contributed by atoms with van der Waals surface area (Å²) in [6.07, 6.45) is 20.9. The van der Waals surface area contributed by atoms with Crippen molar-refractivity contribution >= 4 is 13.9 Å². The Bertz CT molecular complexity index is 587. The molecule has 0 aromatic carbocycles. The smallest absolute Gasteiger partial charge is 0.317 e. The van der Waals surface area contributed by atoms with Gasteiger partial charge in [0, 0.05) is 19.6 Å². The summed E-state index contributed by atoms with van der Waals surface area (Å²) in [5.74, 6) is 0. The average Bonchev–Trinajstić information content (AvgIpc) is 2.81. The van der Waals surface area contributed by atoms with Gasteiger partial charge in [-0.15, -0.1) is 0 Å². The van der Waals surface area contributed by atoms with E-state index in [0.717, 1.165) is 12.8 Å². The van der Waals surface area contributed by atoms with E-state index in [4.69, 9.17) is 9.05 Å². The van der Waals surface area contributed by atoms with Crippen molar-refractivity contribution in [2.45, 2.75) is 117 Å². The summed E-state index contributed by atoms with van der Waals surface area (Å²) in [6, 6.07) is -0.182. The molecule has 0 aliphatic carbocycles. The summed E-state index contributed by atoms with van der Waals surface area (Å²) in [4.78, 5) is 26.0. The number of nitrogens with zero attached hydrogens (tertiary/aromatic N) is 2. The number of amides is 2. The third-order valence-corrected chi connectivity index (χ3v) is 7.52. The van der Waals surface area contributed by atoms with Crippen LogP contribution in [-0.2, 0) is 13.6 Å². The van der Waals surface area contributed by atoms with E-state index in [1.54, 1.807) is 4.90 Å². The van der Waals surface area contributed by atoms with Crippen LogP contribution in [0.4, 0.5) is 4.79 Å². The number of hydrogen-bond acceptors (Lipinski definition) is 5. The maximum absolute atomic E-state index is 12.4. The minimum atomic E-state index is -4.36. The first-order valence-electron chi connectivity index (χ1n) is 15.0. The fourth-order valence-corrected chi connectivity index (χ4v) is 4.84. The molecule has 0 saturated carbocycles. The van der Waals surface area contributed by atoms with Crippen molar-refractivity contribution in [2.24, 2.45) is 0 Å². The normalized spacial score (nSPS) is 13.5. The Morgan fingerprint density at radius 3 is 1.59 bits per heavy atom. The van der Waals surface area contributed by atoms with Crippen molar-refractivity contribution in [2.75, 3.05) is 60.5 Å². The van der Waals surface area contributed by atoms with Gasteiger partial charge in [-0.25, -0.2) is 4.79 Å². The topological polar surface area (TPSA) is 90.9 Å². The molecule has 0 aromatic heterocycles. The van der Waals surface area contributed by atoms with Crippen LogP contribution < -0.4 is 10.2 Å². The number of likely N-dealkylation sites (N-methyl/N-ethyl adjacent to an activating group) is 1. The number of unbranched alkanes of at least 4 members (excludes halogenated alkanes) is 15. The Balaban J connectivity index is 3.88. The molecule has 0 spiro atoms. The highest BCUT2D eigenvalue weighted by Crippen LogP contribution is 2.37. The van der Waals surface area contributed by atoms with Crippen LogP contribution in [0, 0.1) is 0 Å². The maximum Gasteiger partial charge on any atom is 0.317 e. The first-order valence-corrected chi connectivity index (χ1v) is 16.5. The first kappa shape index (κ1) is 36.3. The monoisotopic (exact) mass is 549 g/mol.